The molecule has 0 aliphatic heterocycles. The van der Waals surface area contributed by atoms with Crippen molar-refractivity contribution in [1.29, 1.82) is 0 Å². The van der Waals surface area contributed by atoms with Crippen LogP contribution in [0.5, 0.6) is 0 Å². The lowest BCUT2D eigenvalue weighted by atomic mass is 10.1. The van der Waals surface area contributed by atoms with Crippen LogP contribution in [0.1, 0.15) is 31.3 Å². The summed E-state index contributed by atoms with van der Waals surface area (Å²) >= 11 is 13.7. The third-order valence-electron chi connectivity index (χ3n) is 3.52. The second kappa shape index (κ2) is 9.50. The number of benzene rings is 1. The number of carbonyl (C=O) groups excluding carboxylic acids is 1. The summed E-state index contributed by atoms with van der Waals surface area (Å²) in [5, 5.41) is 11.3. The van der Waals surface area contributed by atoms with Crippen LogP contribution in [-0.2, 0) is 17.7 Å². The third kappa shape index (κ3) is 5.54. The molecule has 1 aromatic heterocycles. The Labute approximate surface area is 166 Å². The fraction of sp³-hybridized carbons (Fsp3) is 0.412. The van der Waals surface area contributed by atoms with Crippen LogP contribution in [0, 0.1) is 0 Å². The standard InChI is InChI=1S/C17H21Cl2N3O3S/c1-10(2)15-16(26-13-8-11(18)7-12(19)9-13)22(4-6-25-17(20)24)14(21-15)3-5-23/h7-10,23H,3-6H2,1-2H3,(H2,20,24). The summed E-state index contributed by atoms with van der Waals surface area (Å²) < 4.78 is 6.81. The first-order chi connectivity index (χ1) is 12.3. The van der Waals surface area contributed by atoms with E-state index >= 15 is 0 Å². The van der Waals surface area contributed by atoms with Gasteiger partial charge < -0.3 is 20.1 Å². The molecule has 26 heavy (non-hydrogen) atoms. The van der Waals surface area contributed by atoms with Crippen LogP contribution in [0.25, 0.3) is 0 Å². The van der Waals surface area contributed by atoms with Crippen molar-refractivity contribution in [3.63, 3.8) is 0 Å². The molecular formula is C17H21Cl2N3O3S. The first kappa shape index (κ1) is 20.9. The lowest BCUT2D eigenvalue weighted by Crippen LogP contribution is -2.18. The highest BCUT2D eigenvalue weighted by Crippen LogP contribution is 2.37. The van der Waals surface area contributed by atoms with Gasteiger partial charge >= 0.3 is 6.09 Å². The van der Waals surface area contributed by atoms with Crippen molar-refractivity contribution in [2.75, 3.05) is 13.2 Å². The molecule has 0 atom stereocenters. The number of aliphatic hydroxyl groups excluding tert-OH is 1. The SMILES string of the molecule is CC(C)c1nc(CCO)n(CCOC(N)=O)c1Sc1cc(Cl)cc(Cl)c1. The highest BCUT2D eigenvalue weighted by Gasteiger charge is 2.20. The number of carbonyl (C=O) groups is 1. The van der Waals surface area contributed by atoms with Gasteiger partial charge in [0.1, 0.15) is 17.5 Å². The van der Waals surface area contributed by atoms with Crippen LogP contribution in [0.3, 0.4) is 0 Å². The molecule has 0 unspecified atom stereocenters. The lowest BCUT2D eigenvalue weighted by Gasteiger charge is -2.13. The van der Waals surface area contributed by atoms with Gasteiger partial charge in [-0.2, -0.15) is 0 Å². The molecule has 1 aromatic carbocycles. The number of hydrogen-bond acceptors (Lipinski definition) is 5. The molecule has 0 saturated heterocycles. The van der Waals surface area contributed by atoms with Gasteiger partial charge in [-0.05, 0) is 24.1 Å². The number of hydrogen-bond donors (Lipinski definition) is 2. The smallest absolute Gasteiger partial charge is 0.404 e. The normalized spacial score (nSPS) is 11.2. The minimum Gasteiger partial charge on any atom is -0.448 e. The predicted octanol–water partition coefficient (Wildman–Crippen LogP) is 4.09. The van der Waals surface area contributed by atoms with Gasteiger partial charge in [0.15, 0.2) is 0 Å². The van der Waals surface area contributed by atoms with Crippen molar-refractivity contribution >= 4 is 41.1 Å². The first-order valence-corrected chi connectivity index (χ1v) is 9.65. The zero-order valence-corrected chi connectivity index (χ0v) is 16.9. The molecule has 6 nitrogen and oxygen atoms in total. The van der Waals surface area contributed by atoms with Crippen LogP contribution in [0.15, 0.2) is 28.1 Å². The van der Waals surface area contributed by atoms with Gasteiger partial charge in [-0.3, -0.25) is 0 Å². The van der Waals surface area contributed by atoms with E-state index in [1.807, 2.05) is 30.5 Å². The number of aliphatic hydroxyl groups is 1. The maximum atomic E-state index is 10.9. The Morgan fingerprint density at radius 1 is 1.35 bits per heavy atom. The maximum Gasteiger partial charge on any atom is 0.404 e. The number of primary amides is 1. The van der Waals surface area contributed by atoms with Gasteiger partial charge in [0.25, 0.3) is 0 Å². The number of rotatable bonds is 8. The molecule has 2 aromatic rings. The van der Waals surface area contributed by atoms with E-state index in [9.17, 15) is 9.90 Å². The Kier molecular flexibility index (Phi) is 7.64. The summed E-state index contributed by atoms with van der Waals surface area (Å²) in [6.45, 7) is 4.56. The fourth-order valence-electron chi connectivity index (χ4n) is 2.44. The zero-order valence-electron chi connectivity index (χ0n) is 14.5. The molecule has 0 aliphatic carbocycles. The van der Waals surface area contributed by atoms with Crippen molar-refractivity contribution in [2.45, 2.75) is 42.7 Å². The second-order valence-corrected chi connectivity index (χ2v) is 7.81. The lowest BCUT2D eigenvalue weighted by molar-refractivity contribution is 0.151. The van der Waals surface area contributed by atoms with Gasteiger partial charge in [0.05, 0.1) is 18.8 Å². The quantitative estimate of drug-likeness (QED) is 0.674. The number of aromatic nitrogens is 2. The average molecular weight is 418 g/mol. The van der Waals surface area contributed by atoms with E-state index in [0.717, 1.165) is 21.4 Å². The number of nitrogens with zero attached hydrogens (tertiary/aromatic N) is 2. The molecule has 1 amide bonds. The summed E-state index contributed by atoms with van der Waals surface area (Å²) in [6, 6.07) is 5.32. The summed E-state index contributed by atoms with van der Waals surface area (Å²) in [4.78, 5) is 16.4. The topological polar surface area (TPSA) is 90.4 Å². The first-order valence-electron chi connectivity index (χ1n) is 8.08. The summed E-state index contributed by atoms with van der Waals surface area (Å²) in [5.41, 5.74) is 5.94. The van der Waals surface area contributed by atoms with Crippen molar-refractivity contribution < 1.29 is 14.6 Å². The molecule has 142 valence electrons. The van der Waals surface area contributed by atoms with E-state index in [0.29, 0.717) is 23.0 Å². The molecular weight excluding hydrogens is 397 g/mol. The van der Waals surface area contributed by atoms with E-state index < -0.39 is 6.09 Å². The van der Waals surface area contributed by atoms with Gasteiger partial charge in [0, 0.05) is 21.4 Å². The Morgan fingerprint density at radius 3 is 2.54 bits per heavy atom. The molecule has 0 bridgehead atoms. The number of halogens is 2. The second-order valence-electron chi connectivity index (χ2n) is 5.87. The van der Waals surface area contributed by atoms with E-state index in [-0.39, 0.29) is 19.1 Å². The number of imidazole rings is 1. The van der Waals surface area contributed by atoms with E-state index in [1.54, 1.807) is 6.07 Å². The van der Waals surface area contributed by atoms with Crippen LogP contribution < -0.4 is 5.73 Å². The van der Waals surface area contributed by atoms with Gasteiger partial charge in [-0.1, -0.05) is 48.8 Å². The Bertz CT molecular complexity index is 761. The number of amides is 1. The van der Waals surface area contributed by atoms with Gasteiger partial charge in [0.2, 0.25) is 0 Å². The van der Waals surface area contributed by atoms with E-state index in [2.05, 4.69) is 4.98 Å². The monoisotopic (exact) mass is 417 g/mol. The molecule has 1 heterocycles. The Balaban J connectivity index is 2.43. The van der Waals surface area contributed by atoms with Crippen LogP contribution in [0.2, 0.25) is 10.0 Å². The molecule has 2 rings (SSSR count). The molecule has 0 spiro atoms. The number of nitrogens with two attached hydrogens (primary N) is 1. The number of ether oxygens (including phenoxy) is 1. The predicted molar refractivity (Wildman–Crippen MR) is 103 cm³/mol. The summed E-state index contributed by atoms with van der Waals surface area (Å²) in [7, 11) is 0. The van der Waals surface area contributed by atoms with E-state index in [4.69, 9.17) is 33.7 Å². The average Bonchev–Trinajstić information content (AvgIpc) is 2.85. The molecule has 9 heteroatoms. The minimum absolute atomic E-state index is 0.0294. The van der Waals surface area contributed by atoms with Gasteiger partial charge in [-0.15, -0.1) is 0 Å². The molecule has 0 saturated carbocycles. The van der Waals surface area contributed by atoms with Crippen molar-refractivity contribution in [1.82, 2.24) is 9.55 Å². The van der Waals surface area contributed by atoms with Crippen molar-refractivity contribution in [3.05, 3.63) is 39.8 Å². The largest absolute Gasteiger partial charge is 0.448 e. The summed E-state index contributed by atoms with van der Waals surface area (Å²) in [5.74, 6) is 0.891. The van der Waals surface area contributed by atoms with Crippen LogP contribution in [0.4, 0.5) is 4.79 Å². The molecule has 0 aliphatic rings. The highest BCUT2D eigenvalue weighted by molar-refractivity contribution is 7.99. The van der Waals surface area contributed by atoms with Crippen molar-refractivity contribution in [2.24, 2.45) is 5.73 Å². The third-order valence-corrected chi connectivity index (χ3v) is 5.05. The highest BCUT2D eigenvalue weighted by atomic mass is 35.5. The maximum absolute atomic E-state index is 10.9. The molecule has 0 fully saturated rings. The molecule has 0 radical (unpaired) electrons. The zero-order chi connectivity index (χ0) is 19.3. The summed E-state index contributed by atoms with van der Waals surface area (Å²) in [6.07, 6.45) is -0.429. The van der Waals surface area contributed by atoms with Crippen LogP contribution in [-0.4, -0.2) is 34.0 Å². The minimum atomic E-state index is -0.825. The van der Waals surface area contributed by atoms with Gasteiger partial charge in [-0.25, -0.2) is 9.78 Å². The van der Waals surface area contributed by atoms with E-state index in [1.165, 1.54) is 11.8 Å². The van der Waals surface area contributed by atoms with Crippen molar-refractivity contribution in [3.8, 4) is 0 Å². The fourth-order valence-corrected chi connectivity index (χ4v) is 4.39. The Morgan fingerprint density at radius 2 is 2.00 bits per heavy atom. The van der Waals surface area contributed by atoms with Crippen LogP contribution >= 0.6 is 35.0 Å². The Hall–Kier alpha value is -1.41. The molecule has 3 N–H and O–H groups in total.